The highest BCUT2D eigenvalue weighted by Crippen LogP contribution is 2.22. The van der Waals surface area contributed by atoms with Crippen LogP contribution in [0.15, 0.2) is 24.3 Å². The number of anilines is 1. The van der Waals surface area contributed by atoms with Gasteiger partial charge in [0.2, 0.25) is 5.91 Å². The Morgan fingerprint density at radius 2 is 2.20 bits per heavy atom. The fourth-order valence-electron chi connectivity index (χ4n) is 2.34. The summed E-state index contributed by atoms with van der Waals surface area (Å²) in [4.78, 5) is 22.7. The molecule has 1 aliphatic rings. The van der Waals surface area contributed by atoms with Gasteiger partial charge < -0.3 is 15.2 Å². The average molecular weight is 277 g/mol. The molecule has 1 aromatic carbocycles. The van der Waals surface area contributed by atoms with Crippen LogP contribution in [-0.2, 0) is 9.53 Å². The van der Waals surface area contributed by atoms with Crippen molar-refractivity contribution in [3.8, 4) is 0 Å². The van der Waals surface area contributed by atoms with Gasteiger partial charge in [0.25, 0.3) is 0 Å². The highest BCUT2D eigenvalue weighted by Gasteiger charge is 2.22. The van der Waals surface area contributed by atoms with Crippen LogP contribution in [-0.4, -0.2) is 29.2 Å². The van der Waals surface area contributed by atoms with Crippen LogP contribution in [0, 0.1) is 0 Å². The summed E-state index contributed by atoms with van der Waals surface area (Å²) in [5.74, 6) is -1.12. The Bertz CT molecular complexity index is 500. The highest BCUT2D eigenvalue weighted by atomic mass is 16.5. The fraction of sp³-hybridized carbons (Fsp3) is 0.467. The van der Waals surface area contributed by atoms with Crippen molar-refractivity contribution in [1.29, 1.82) is 0 Å². The van der Waals surface area contributed by atoms with E-state index in [1.54, 1.807) is 12.1 Å². The lowest BCUT2D eigenvalue weighted by Gasteiger charge is -2.11. The Labute approximate surface area is 117 Å². The summed E-state index contributed by atoms with van der Waals surface area (Å²) in [5.41, 5.74) is 0.673. The molecule has 108 valence electrons. The monoisotopic (exact) mass is 277 g/mol. The Hall–Kier alpha value is -1.88. The number of hydrogen-bond donors (Lipinski definition) is 2. The third kappa shape index (κ3) is 4.06. The lowest BCUT2D eigenvalue weighted by molar-refractivity contribution is -0.116. The van der Waals surface area contributed by atoms with E-state index in [1.807, 2.05) is 6.92 Å². The fourth-order valence-corrected chi connectivity index (χ4v) is 2.34. The SMILES string of the molecule is CC1CCC(CCC(=O)Nc2cccc(C(=O)O)c2)O1. The zero-order chi connectivity index (χ0) is 14.5. The van der Waals surface area contributed by atoms with E-state index < -0.39 is 5.97 Å². The van der Waals surface area contributed by atoms with Crippen LogP contribution in [0.4, 0.5) is 5.69 Å². The van der Waals surface area contributed by atoms with Gasteiger partial charge in [0.15, 0.2) is 0 Å². The van der Waals surface area contributed by atoms with Crippen molar-refractivity contribution in [2.24, 2.45) is 0 Å². The molecule has 0 bridgehead atoms. The summed E-state index contributed by atoms with van der Waals surface area (Å²) in [6.07, 6.45) is 3.59. The van der Waals surface area contributed by atoms with Crippen molar-refractivity contribution in [3.63, 3.8) is 0 Å². The first-order valence-corrected chi connectivity index (χ1v) is 6.83. The molecular formula is C15H19NO4. The smallest absolute Gasteiger partial charge is 0.335 e. The summed E-state index contributed by atoms with van der Waals surface area (Å²) in [5, 5.41) is 11.6. The predicted molar refractivity (Wildman–Crippen MR) is 74.8 cm³/mol. The topological polar surface area (TPSA) is 75.6 Å². The summed E-state index contributed by atoms with van der Waals surface area (Å²) < 4.78 is 5.65. The van der Waals surface area contributed by atoms with Crippen molar-refractivity contribution in [2.45, 2.75) is 44.8 Å². The largest absolute Gasteiger partial charge is 0.478 e. The number of carbonyl (C=O) groups excluding carboxylic acids is 1. The molecule has 5 heteroatoms. The Morgan fingerprint density at radius 1 is 1.40 bits per heavy atom. The molecule has 0 saturated carbocycles. The number of hydrogen-bond acceptors (Lipinski definition) is 3. The maximum Gasteiger partial charge on any atom is 0.335 e. The number of rotatable bonds is 5. The minimum Gasteiger partial charge on any atom is -0.478 e. The van der Waals surface area contributed by atoms with Crippen LogP contribution in [0.3, 0.4) is 0 Å². The number of ether oxygens (including phenoxy) is 1. The molecule has 1 amide bonds. The zero-order valence-electron chi connectivity index (χ0n) is 11.5. The Kier molecular flexibility index (Phi) is 4.74. The predicted octanol–water partition coefficient (Wildman–Crippen LogP) is 2.67. The number of carbonyl (C=O) groups is 2. The molecule has 2 rings (SSSR count). The molecular weight excluding hydrogens is 258 g/mol. The normalized spacial score (nSPS) is 21.6. The molecule has 1 saturated heterocycles. The molecule has 1 aromatic rings. The maximum atomic E-state index is 11.8. The van der Waals surface area contributed by atoms with E-state index in [0.29, 0.717) is 18.5 Å². The van der Waals surface area contributed by atoms with Crippen molar-refractivity contribution >= 4 is 17.6 Å². The zero-order valence-corrected chi connectivity index (χ0v) is 11.5. The Balaban J connectivity index is 1.82. The van der Waals surface area contributed by atoms with Gasteiger partial charge in [-0.15, -0.1) is 0 Å². The molecule has 0 spiro atoms. The molecule has 0 radical (unpaired) electrons. The van der Waals surface area contributed by atoms with E-state index in [-0.39, 0.29) is 23.7 Å². The average Bonchev–Trinajstić information content (AvgIpc) is 2.82. The molecule has 2 atom stereocenters. The van der Waals surface area contributed by atoms with Crippen molar-refractivity contribution in [3.05, 3.63) is 29.8 Å². The van der Waals surface area contributed by atoms with Gasteiger partial charge in [-0.1, -0.05) is 6.07 Å². The molecule has 1 fully saturated rings. The Morgan fingerprint density at radius 3 is 2.85 bits per heavy atom. The third-order valence-electron chi connectivity index (χ3n) is 3.41. The van der Waals surface area contributed by atoms with E-state index in [4.69, 9.17) is 9.84 Å². The third-order valence-corrected chi connectivity index (χ3v) is 3.41. The number of carboxylic acid groups (broad SMARTS) is 1. The van der Waals surface area contributed by atoms with E-state index in [0.717, 1.165) is 12.8 Å². The van der Waals surface area contributed by atoms with E-state index in [9.17, 15) is 9.59 Å². The summed E-state index contributed by atoms with van der Waals surface area (Å²) in [6.45, 7) is 2.04. The van der Waals surface area contributed by atoms with Crippen LogP contribution in [0.2, 0.25) is 0 Å². The summed E-state index contributed by atoms with van der Waals surface area (Å²) in [7, 11) is 0. The van der Waals surface area contributed by atoms with Crippen LogP contribution < -0.4 is 5.32 Å². The minimum atomic E-state index is -1.01. The van der Waals surface area contributed by atoms with E-state index >= 15 is 0 Å². The molecule has 2 unspecified atom stereocenters. The van der Waals surface area contributed by atoms with Crippen LogP contribution in [0.25, 0.3) is 0 Å². The first-order chi connectivity index (χ1) is 9.54. The summed E-state index contributed by atoms with van der Waals surface area (Å²) >= 11 is 0. The van der Waals surface area contributed by atoms with Gasteiger partial charge in [0.05, 0.1) is 17.8 Å². The van der Waals surface area contributed by atoms with Gasteiger partial charge in [-0.05, 0) is 44.4 Å². The molecule has 0 aromatic heterocycles. The molecule has 0 aliphatic carbocycles. The van der Waals surface area contributed by atoms with E-state index in [1.165, 1.54) is 12.1 Å². The van der Waals surface area contributed by atoms with E-state index in [2.05, 4.69) is 5.32 Å². The van der Waals surface area contributed by atoms with Gasteiger partial charge in [-0.2, -0.15) is 0 Å². The van der Waals surface area contributed by atoms with Gasteiger partial charge >= 0.3 is 5.97 Å². The van der Waals surface area contributed by atoms with Crippen molar-refractivity contribution in [1.82, 2.24) is 0 Å². The van der Waals surface area contributed by atoms with Crippen LogP contribution >= 0.6 is 0 Å². The molecule has 20 heavy (non-hydrogen) atoms. The second kappa shape index (κ2) is 6.52. The number of benzene rings is 1. The maximum absolute atomic E-state index is 11.8. The van der Waals surface area contributed by atoms with Gasteiger partial charge in [-0.25, -0.2) is 4.79 Å². The lowest BCUT2D eigenvalue weighted by Crippen LogP contribution is -2.16. The lowest BCUT2D eigenvalue weighted by atomic mass is 10.1. The number of aromatic carboxylic acids is 1. The molecule has 2 N–H and O–H groups in total. The highest BCUT2D eigenvalue weighted by molar-refractivity contribution is 5.93. The van der Waals surface area contributed by atoms with Crippen molar-refractivity contribution < 1.29 is 19.4 Å². The van der Waals surface area contributed by atoms with Crippen molar-refractivity contribution in [2.75, 3.05) is 5.32 Å². The molecule has 1 aliphatic heterocycles. The first kappa shape index (κ1) is 14.5. The van der Waals surface area contributed by atoms with Crippen LogP contribution in [0.5, 0.6) is 0 Å². The van der Waals surface area contributed by atoms with Gasteiger partial charge in [0, 0.05) is 12.1 Å². The first-order valence-electron chi connectivity index (χ1n) is 6.83. The van der Waals surface area contributed by atoms with Gasteiger partial charge in [-0.3, -0.25) is 4.79 Å². The quantitative estimate of drug-likeness (QED) is 0.867. The molecule has 5 nitrogen and oxygen atoms in total. The standard InChI is InChI=1S/C15H19NO4/c1-10-5-6-13(20-10)7-8-14(17)16-12-4-2-3-11(9-12)15(18)19/h2-4,9-10,13H,5-8H2,1H3,(H,16,17)(H,18,19). The van der Waals surface area contributed by atoms with Crippen LogP contribution in [0.1, 0.15) is 43.0 Å². The second-order valence-electron chi connectivity index (χ2n) is 5.12. The number of amides is 1. The molecule has 1 heterocycles. The second-order valence-corrected chi connectivity index (χ2v) is 5.12. The number of carboxylic acids is 1. The summed E-state index contributed by atoms with van der Waals surface area (Å²) in [6, 6.07) is 6.24. The van der Waals surface area contributed by atoms with Gasteiger partial charge in [0.1, 0.15) is 0 Å². The number of nitrogens with one attached hydrogen (secondary N) is 1. The minimum absolute atomic E-state index is 0.115.